The third-order valence-electron chi connectivity index (χ3n) is 5.03. The largest absolute Gasteiger partial charge is 0.482 e. The lowest BCUT2D eigenvalue weighted by Gasteiger charge is -2.30. The second-order valence-corrected chi connectivity index (χ2v) is 7.52. The summed E-state index contributed by atoms with van der Waals surface area (Å²) in [6.07, 6.45) is 0.726. The van der Waals surface area contributed by atoms with E-state index in [1.807, 2.05) is 13.0 Å². The van der Waals surface area contributed by atoms with Crippen molar-refractivity contribution in [1.82, 2.24) is 0 Å². The Morgan fingerprint density at radius 2 is 1.82 bits per heavy atom. The SMILES string of the molecule is CCCOC(=O)c1cccc(CN2C(=O)COc3ccc(C(=O)CCC(=O)OCC)cc32)c1. The van der Waals surface area contributed by atoms with Crippen LogP contribution in [0.15, 0.2) is 42.5 Å². The molecule has 1 heterocycles. The lowest BCUT2D eigenvalue weighted by Crippen LogP contribution is -2.38. The normalized spacial score (nSPS) is 12.5. The van der Waals surface area contributed by atoms with Crippen LogP contribution < -0.4 is 9.64 Å². The molecule has 33 heavy (non-hydrogen) atoms. The van der Waals surface area contributed by atoms with Crippen LogP contribution in [0.1, 0.15) is 59.4 Å². The van der Waals surface area contributed by atoms with E-state index >= 15 is 0 Å². The monoisotopic (exact) mass is 453 g/mol. The fraction of sp³-hybridized carbons (Fsp3) is 0.360. The molecule has 2 aromatic carbocycles. The molecule has 3 rings (SSSR count). The van der Waals surface area contributed by atoms with Gasteiger partial charge in [0, 0.05) is 12.0 Å². The van der Waals surface area contributed by atoms with Crippen molar-refractivity contribution in [1.29, 1.82) is 0 Å². The molecule has 0 spiro atoms. The van der Waals surface area contributed by atoms with Crippen LogP contribution >= 0.6 is 0 Å². The van der Waals surface area contributed by atoms with Gasteiger partial charge in [-0.25, -0.2) is 4.79 Å². The summed E-state index contributed by atoms with van der Waals surface area (Å²) in [6.45, 7) is 4.30. The van der Waals surface area contributed by atoms with Crippen molar-refractivity contribution >= 4 is 29.3 Å². The first kappa shape index (κ1) is 24.0. The van der Waals surface area contributed by atoms with Gasteiger partial charge >= 0.3 is 11.9 Å². The zero-order valence-corrected chi connectivity index (χ0v) is 18.8. The first-order valence-corrected chi connectivity index (χ1v) is 10.9. The van der Waals surface area contributed by atoms with E-state index in [0.29, 0.717) is 29.2 Å². The number of anilines is 1. The van der Waals surface area contributed by atoms with Gasteiger partial charge in [0.2, 0.25) is 0 Å². The summed E-state index contributed by atoms with van der Waals surface area (Å²) >= 11 is 0. The Bertz CT molecular complexity index is 1050. The van der Waals surface area contributed by atoms with Gasteiger partial charge in [-0.3, -0.25) is 14.4 Å². The first-order chi connectivity index (χ1) is 15.9. The summed E-state index contributed by atoms with van der Waals surface area (Å²) in [5, 5.41) is 0. The summed E-state index contributed by atoms with van der Waals surface area (Å²) in [7, 11) is 0. The smallest absolute Gasteiger partial charge is 0.338 e. The predicted octanol–water partition coefficient (Wildman–Crippen LogP) is 3.71. The van der Waals surface area contributed by atoms with Crippen molar-refractivity contribution in [3.63, 3.8) is 0 Å². The molecular weight excluding hydrogens is 426 g/mol. The van der Waals surface area contributed by atoms with Crippen molar-refractivity contribution in [2.75, 3.05) is 24.7 Å². The summed E-state index contributed by atoms with van der Waals surface area (Å²) in [6, 6.07) is 11.8. The maximum absolute atomic E-state index is 12.7. The Labute approximate surface area is 192 Å². The summed E-state index contributed by atoms with van der Waals surface area (Å²) in [5.74, 6) is -0.861. The quantitative estimate of drug-likeness (QED) is 0.399. The first-order valence-electron chi connectivity index (χ1n) is 10.9. The third kappa shape index (κ3) is 6.19. The molecule has 0 fully saturated rings. The number of rotatable bonds is 10. The molecule has 0 unspecified atom stereocenters. The fourth-order valence-corrected chi connectivity index (χ4v) is 3.40. The molecule has 174 valence electrons. The summed E-state index contributed by atoms with van der Waals surface area (Å²) in [4.78, 5) is 50.5. The predicted molar refractivity (Wildman–Crippen MR) is 120 cm³/mol. The Kier molecular flexibility index (Phi) is 8.18. The van der Waals surface area contributed by atoms with E-state index < -0.39 is 11.9 Å². The second kappa shape index (κ2) is 11.3. The van der Waals surface area contributed by atoms with E-state index in [2.05, 4.69) is 0 Å². The number of hydrogen-bond donors (Lipinski definition) is 0. The number of ketones is 1. The van der Waals surface area contributed by atoms with E-state index in [1.54, 1.807) is 43.3 Å². The van der Waals surface area contributed by atoms with E-state index in [1.165, 1.54) is 4.90 Å². The van der Waals surface area contributed by atoms with Crippen LogP contribution in [0.2, 0.25) is 0 Å². The van der Waals surface area contributed by atoms with Crippen molar-refractivity contribution in [2.45, 2.75) is 39.7 Å². The zero-order valence-electron chi connectivity index (χ0n) is 18.8. The molecule has 0 atom stereocenters. The van der Waals surface area contributed by atoms with Gasteiger partial charge in [0.1, 0.15) is 5.75 Å². The zero-order chi connectivity index (χ0) is 23.8. The number of nitrogens with zero attached hydrogens (tertiary/aromatic N) is 1. The highest BCUT2D eigenvalue weighted by atomic mass is 16.5. The van der Waals surface area contributed by atoms with Crippen LogP contribution in [0.5, 0.6) is 5.75 Å². The molecular formula is C25H27NO7. The van der Waals surface area contributed by atoms with Crippen LogP contribution in [-0.2, 0) is 25.6 Å². The standard InChI is InChI=1S/C25H27NO7/c1-3-12-32-25(30)19-7-5-6-17(13-19)15-26-20-14-18(8-10-22(20)33-16-23(26)28)21(27)9-11-24(29)31-4-2/h5-8,10,13-14H,3-4,9,11-12,15-16H2,1-2H3. The number of esters is 2. The highest BCUT2D eigenvalue weighted by molar-refractivity contribution is 6.02. The van der Waals surface area contributed by atoms with E-state index in [-0.39, 0.29) is 44.3 Å². The molecule has 0 radical (unpaired) electrons. The molecule has 0 saturated heterocycles. The van der Waals surface area contributed by atoms with Crippen LogP contribution in [0.3, 0.4) is 0 Å². The minimum absolute atomic E-state index is 0.00827. The molecule has 1 aliphatic rings. The average molecular weight is 453 g/mol. The number of ether oxygens (including phenoxy) is 3. The minimum atomic E-state index is -0.429. The number of Topliss-reactive ketones (excluding diaryl/α,β-unsaturated/α-hetero) is 1. The molecule has 2 aromatic rings. The topological polar surface area (TPSA) is 99.2 Å². The molecule has 0 saturated carbocycles. The van der Waals surface area contributed by atoms with Gasteiger partial charge in [0.15, 0.2) is 12.4 Å². The molecule has 1 amide bonds. The van der Waals surface area contributed by atoms with Crippen LogP contribution in [0.4, 0.5) is 5.69 Å². The average Bonchev–Trinajstić information content (AvgIpc) is 2.83. The van der Waals surface area contributed by atoms with E-state index in [4.69, 9.17) is 14.2 Å². The van der Waals surface area contributed by atoms with Gasteiger partial charge in [0.25, 0.3) is 5.91 Å². The van der Waals surface area contributed by atoms with Crippen molar-refractivity contribution in [2.24, 2.45) is 0 Å². The maximum atomic E-state index is 12.7. The van der Waals surface area contributed by atoms with E-state index in [9.17, 15) is 19.2 Å². The molecule has 8 heteroatoms. The van der Waals surface area contributed by atoms with Crippen molar-refractivity contribution in [3.8, 4) is 5.75 Å². The number of carbonyl (C=O) groups is 4. The number of hydrogen-bond acceptors (Lipinski definition) is 7. The number of carbonyl (C=O) groups excluding carboxylic acids is 4. The fourth-order valence-electron chi connectivity index (χ4n) is 3.40. The van der Waals surface area contributed by atoms with Gasteiger partial charge in [-0.1, -0.05) is 19.1 Å². The Morgan fingerprint density at radius 3 is 2.58 bits per heavy atom. The Balaban J connectivity index is 1.79. The second-order valence-electron chi connectivity index (χ2n) is 7.52. The third-order valence-corrected chi connectivity index (χ3v) is 5.03. The lowest BCUT2D eigenvalue weighted by atomic mass is 10.0. The van der Waals surface area contributed by atoms with E-state index in [0.717, 1.165) is 12.0 Å². The summed E-state index contributed by atoms with van der Waals surface area (Å²) < 4.78 is 15.6. The summed E-state index contributed by atoms with van der Waals surface area (Å²) in [5.41, 5.74) is 1.98. The minimum Gasteiger partial charge on any atom is -0.482 e. The van der Waals surface area contributed by atoms with Crippen LogP contribution in [0, 0.1) is 0 Å². The molecule has 0 N–H and O–H groups in total. The van der Waals surface area contributed by atoms with Crippen LogP contribution in [-0.4, -0.2) is 43.4 Å². The van der Waals surface area contributed by atoms with Crippen molar-refractivity contribution < 1.29 is 33.4 Å². The maximum Gasteiger partial charge on any atom is 0.338 e. The Hall–Kier alpha value is -3.68. The Morgan fingerprint density at radius 1 is 1.00 bits per heavy atom. The molecule has 1 aliphatic heterocycles. The molecule has 0 bridgehead atoms. The number of amides is 1. The highest BCUT2D eigenvalue weighted by Crippen LogP contribution is 2.34. The van der Waals surface area contributed by atoms with Gasteiger partial charge in [0.05, 0.1) is 37.4 Å². The van der Waals surface area contributed by atoms with Gasteiger partial charge in [-0.15, -0.1) is 0 Å². The van der Waals surface area contributed by atoms with Gasteiger partial charge in [-0.2, -0.15) is 0 Å². The number of benzene rings is 2. The molecule has 0 aromatic heterocycles. The van der Waals surface area contributed by atoms with Gasteiger partial charge < -0.3 is 19.1 Å². The lowest BCUT2D eigenvalue weighted by molar-refractivity contribution is -0.143. The molecule has 8 nitrogen and oxygen atoms in total. The molecule has 0 aliphatic carbocycles. The highest BCUT2D eigenvalue weighted by Gasteiger charge is 2.27. The van der Waals surface area contributed by atoms with Crippen LogP contribution in [0.25, 0.3) is 0 Å². The van der Waals surface area contributed by atoms with Crippen molar-refractivity contribution in [3.05, 3.63) is 59.2 Å². The number of fused-ring (bicyclic) bond motifs is 1. The van der Waals surface area contributed by atoms with Gasteiger partial charge in [-0.05, 0) is 49.2 Å².